The molecule has 0 bridgehead atoms. The van der Waals surface area contributed by atoms with Crippen molar-refractivity contribution in [2.24, 2.45) is 0 Å². The van der Waals surface area contributed by atoms with Crippen LogP contribution in [0, 0.1) is 0 Å². The predicted molar refractivity (Wildman–Crippen MR) is 254 cm³/mol. The Labute approximate surface area is 352 Å². The molecule has 0 unspecified atom stereocenters. The molecular formula is C54H37N3S2. The first-order valence-electron chi connectivity index (χ1n) is 19.8. The monoisotopic (exact) mass is 791 g/mol. The van der Waals surface area contributed by atoms with E-state index in [9.17, 15) is 0 Å². The number of hydrogen-bond acceptors (Lipinski definition) is 5. The Hall–Kier alpha value is -7.18. The Bertz CT molecular complexity index is 2970. The average molecular weight is 792 g/mol. The molecule has 0 amide bonds. The highest BCUT2D eigenvalue weighted by molar-refractivity contribution is 7.20. The van der Waals surface area contributed by atoms with E-state index in [2.05, 4.69) is 239 Å². The second-order valence-corrected chi connectivity index (χ2v) is 16.7. The summed E-state index contributed by atoms with van der Waals surface area (Å²) in [7, 11) is 0. The Morgan fingerprint density at radius 1 is 0.339 bits per heavy atom. The van der Waals surface area contributed by atoms with E-state index in [1.807, 2.05) is 22.7 Å². The van der Waals surface area contributed by atoms with E-state index in [1.54, 1.807) is 0 Å². The summed E-state index contributed by atoms with van der Waals surface area (Å²) in [5.74, 6) is 0. The highest BCUT2D eigenvalue weighted by Crippen LogP contribution is 2.54. The van der Waals surface area contributed by atoms with Crippen LogP contribution in [0.4, 0.5) is 49.8 Å². The molecule has 3 heterocycles. The molecule has 2 aromatic heterocycles. The fourth-order valence-electron chi connectivity index (χ4n) is 8.41. The van der Waals surface area contributed by atoms with Crippen molar-refractivity contribution < 1.29 is 0 Å². The quantitative estimate of drug-likeness (QED) is 0.144. The number of rotatable bonds is 9. The van der Waals surface area contributed by atoms with Crippen LogP contribution in [0.5, 0.6) is 0 Å². The van der Waals surface area contributed by atoms with Gasteiger partial charge < -0.3 is 14.7 Å². The van der Waals surface area contributed by atoms with Crippen LogP contribution in [0.2, 0.25) is 0 Å². The summed E-state index contributed by atoms with van der Waals surface area (Å²) in [5, 5.41) is 4.87. The molecular weight excluding hydrogens is 755 g/mol. The van der Waals surface area contributed by atoms with Crippen LogP contribution in [0.1, 0.15) is 0 Å². The first-order valence-corrected chi connectivity index (χ1v) is 21.5. The molecule has 1 aliphatic rings. The average Bonchev–Trinajstić information content (AvgIpc) is 4.00. The minimum absolute atomic E-state index is 1.14. The van der Waals surface area contributed by atoms with Gasteiger partial charge in [-0.15, -0.1) is 22.7 Å². The van der Waals surface area contributed by atoms with Crippen molar-refractivity contribution in [1.29, 1.82) is 0 Å². The predicted octanol–water partition coefficient (Wildman–Crippen LogP) is 16.7. The fourth-order valence-corrected chi connectivity index (χ4v) is 10.5. The summed E-state index contributed by atoms with van der Waals surface area (Å²) in [6, 6.07) is 80.9. The zero-order valence-electron chi connectivity index (χ0n) is 32.0. The zero-order valence-corrected chi connectivity index (χ0v) is 33.7. The Morgan fingerprint density at radius 2 is 0.814 bits per heavy atom. The first-order chi connectivity index (χ1) is 29.3. The van der Waals surface area contributed by atoms with E-state index in [1.165, 1.54) is 64.2 Å². The number of fused-ring (bicyclic) bond motifs is 2. The third-order valence-electron chi connectivity index (χ3n) is 11.0. The van der Waals surface area contributed by atoms with Gasteiger partial charge in [0.1, 0.15) is 10.0 Å². The van der Waals surface area contributed by atoms with Crippen LogP contribution >= 0.6 is 22.7 Å². The van der Waals surface area contributed by atoms with Crippen LogP contribution in [-0.4, -0.2) is 0 Å². The van der Waals surface area contributed by atoms with E-state index in [0.717, 1.165) is 28.4 Å². The van der Waals surface area contributed by atoms with Gasteiger partial charge in [-0.1, -0.05) is 127 Å². The lowest BCUT2D eigenvalue weighted by molar-refractivity contribution is 1.29. The highest BCUT2D eigenvalue weighted by atomic mass is 32.1. The van der Waals surface area contributed by atoms with Crippen molar-refractivity contribution in [3.05, 3.63) is 224 Å². The molecule has 59 heavy (non-hydrogen) atoms. The van der Waals surface area contributed by atoms with E-state index >= 15 is 0 Å². The second kappa shape index (κ2) is 15.0. The first kappa shape index (κ1) is 35.0. The molecule has 10 aromatic rings. The Morgan fingerprint density at radius 3 is 1.37 bits per heavy atom. The van der Waals surface area contributed by atoms with Crippen molar-refractivity contribution in [1.82, 2.24) is 0 Å². The fraction of sp³-hybridized carbons (Fsp3) is 0. The molecule has 0 spiro atoms. The lowest BCUT2D eigenvalue weighted by Gasteiger charge is -2.34. The smallest absolute Gasteiger partial charge is 0.101 e. The van der Waals surface area contributed by atoms with E-state index in [4.69, 9.17) is 0 Å². The summed E-state index contributed by atoms with van der Waals surface area (Å²) >= 11 is 3.65. The van der Waals surface area contributed by atoms with Gasteiger partial charge in [-0.3, -0.25) is 0 Å². The van der Waals surface area contributed by atoms with Crippen LogP contribution < -0.4 is 14.7 Å². The molecule has 0 fully saturated rings. The third kappa shape index (κ3) is 6.29. The van der Waals surface area contributed by atoms with Crippen molar-refractivity contribution in [3.63, 3.8) is 0 Å². The van der Waals surface area contributed by atoms with Gasteiger partial charge in [0, 0.05) is 49.1 Å². The zero-order chi connectivity index (χ0) is 39.1. The minimum Gasteiger partial charge on any atom is -0.309 e. The number of anilines is 9. The van der Waals surface area contributed by atoms with E-state index < -0.39 is 0 Å². The maximum Gasteiger partial charge on any atom is 0.101 e. The molecule has 0 N–H and O–H groups in total. The van der Waals surface area contributed by atoms with Gasteiger partial charge in [0.05, 0.1) is 11.4 Å². The number of para-hydroxylation sites is 5. The number of thiophene rings is 2. The van der Waals surface area contributed by atoms with Gasteiger partial charge in [0.2, 0.25) is 0 Å². The van der Waals surface area contributed by atoms with Crippen molar-refractivity contribution >= 4 is 83.3 Å². The van der Waals surface area contributed by atoms with Crippen molar-refractivity contribution in [2.75, 3.05) is 14.7 Å². The molecule has 0 aliphatic carbocycles. The molecule has 0 saturated carbocycles. The standard InChI is InChI=1S/C54H37N3S2/c1-6-17-39(18-7-1)55(40-19-8-2-9-20-40)52-35-33-50(58-52)38-29-30-44-47-32-31-45(46-27-16-28-48(54(46)47)57(49(44)37-38)43-25-14-5-15-26-43)51-34-36-53(59-51)56(41-21-10-3-11-22-41)42-23-12-4-13-24-42/h1-37H. The number of hydrogen-bond donors (Lipinski definition) is 0. The SMILES string of the molecule is c1ccc(N(c2ccccc2)c2ccc(-c3ccc4c(c3)N(c3ccccc3)c3cccc5c(-c6ccc(N(c7ccccc7)c7ccccc7)s6)ccc-4c35)s2)cc1. The largest absolute Gasteiger partial charge is 0.309 e. The molecule has 0 radical (unpaired) electrons. The van der Waals surface area contributed by atoms with Gasteiger partial charge >= 0.3 is 0 Å². The van der Waals surface area contributed by atoms with Gasteiger partial charge in [0.15, 0.2) is 0 Å². The normalized spacial score (nSPS) is 11.7. The molecule has 8 aromatic carbocycles. The summed E-state index contributed by atoms with van der Waals surface area (Å²) < 4.78 is 0. The van der Waals surface area contributed by atoms with Gasteiger partial charge in [-0.05, 0) is 119 Å². The maximum atomic E-state index is 2.46. The summed E-state index contributed by atoms with van der Waals surface area (Å²) in [6.07, 6.45) is 0. The molecule has 11 rings (SSSR count). The van der Waals surface area contributed by atoms with Crippen molar-refractivity contribution in [3.8, 4) is 32.0 Å². The second-order valence-electron chi connectivity index (χ2n) is 14.6. The van der Waals surface area contributed by atoms with Gasteiger partial charge in [0.25, 0.3) is 0 Å². The molecule has 0 atom stereocenters. The van der Waals surface area contributed by atoms with Crippen molar-refractivity contribution in [2.45, 2.75) is 0 Å². The lowest BCUT2D eigenvalue weighted by Crippen LogP contribution is -2.15. The van der Waals surface area contributed by atoms with Crippen LogP contribution in [-0.2, 0) is 0 Å². The maximum absolute atomic E-state index is 2.46. The number of benzene rings is 8. The van der Waals surface area contributed by atoms with Gasteiger partial charge in [-0.2, -0.15) is 0 Å². The topological polar surface area (TPSA) is 9.72 Å². The van der Waals surface area contributed by atoms with E-state index in [-0.39, 0.29) is 0 Å². The highest BCUT2D eigenvalue weighted by Gasteiger charge is 2.28. The molecule has 1 aliphatic heterocycles. The third-order valence-corrected chi connectivity index (χ3v) is 13.3. The Balaban J connectivity index is 1.03. The summed E-state index contributed by atoms with van der Waals surface area (Å²) in [5.41, 5.74) is 13.0. The van der Waals surface area contributed by atoms with E-state index in [0.29, 0.717) is 0 Å². The van der Waals surface area contributed by atoms with Crippen LogP contribution in [0.15, 0.2) is 224 Å². The number of nitrogens with zero attached hydrogens (tertiary/aromatic N) is 3. The summed E-state index contributed by atoms with van der Waals surface area (Å²) in [6.45, 7) is 0. The molecule has 0 saturated heterocycles. The van der Waals surface area contributed by atoms with Crippen LogP contribution in [0.25, 0.3) is 42.8 Å². The Kier molecular flexibility index (Phi) is 8.88. The molecule has 3 nitrogen and oxygen atoms in total. The van der Waals surface area contributed by atoms with Crippen LogP contribution in [0.3, 0.4) is 0 Å². The molecule has 5 heteroatoms. The summed E-state index contributed by atoms with van der Waals surface area (Å²) in [4.78, 5) is 9.61. The lowest BCUT2D eigenvalue weighted by atomic mass is 9.88. The minimum atomic E-state index is 1.14. The molecule has 280 valence electrons. The van der Waals surface area contributed by atoms with Gasteiger partial charge in [-0.25, -0.2) is 0 Å².